The summed E-state index contributed by atoms with van der Waals surface area (Å²) in [5, 5.41) is 0. The summed E-state index contributed by atoms with van der Waals surface area (Å²) in [4.78, 5) is 9.37. The van der Waals surface area contributed by atoms with E-state index in [1.807, 2.05) is 12.4 Å². The van der Waals surface area contributed by atoms with Crippen molar-refractivity contribution in [1.82, 2.24) is 19.1 Å². The van der Waals surface area contributed by atoms with E-state index >= 15 is 0 Å². The molecule has 0 saturated carbocycles. The Hall–Kier alpha value is -3.14. The van der Waals surface area contributed by atoms with Crippen LogP contribution in [0.5, 0.6) is 0 Å². The summed E-state index contributed by atoms with van der Waals surface area (Å²) in [5.74, 6) is 0. The highest BCUT2D eigenvalue weighted by molar-refractivity contribution is 5.55. The van der Waals surface area contributed by atoms with E-state index in [9.17, 15) is 0 Å². The minimum atomic E-state index is 1.03. The maximum absolute atomic E-state index is 4.68. The van der Waals surface area contributed by atoms with Gasteiger partial charge in [0.2, 0.25) is 0 Å². The number of unbranched alkanes of at least 4 members (excludes halogenated alkanes) is 20. The molecule has 4 rings (SSSR count). The van der Waals surface area contributed by atoms with Crippen LogP contribution < -0.4 is 0 Å². The van der Waals surface area contributed by atoms with Gasteiger partial charge in [-0.25, -0.2) is 0 Å². The van der Waals surface area contributed by atoms with Crippen LogP contribution in [0.25, 0.3) is 11.4 Å². The van der Waals surface area contributed by atoms with Gasteiger partial charge in [-0.1, -0.05) is 116 Å². The van der Waals surface area contributed by atoms with Gasteiger partial charge < -0.3 is 9.13 Å². The fraction of sp³-hybridized carbons (Fsp3) is 0.591. The molecule has 0 unspecified atom stereocenters. The van der Waals surface area contributed by atoms with Crippen molar-refractivity contribution < 1.29 is 0 Å². The molecule has 0 fully saturated rings. The highest BCUT2D eigenvalue weighted by atomic mass is 14.9. The van der Waals surface area contributed by atoms with Crippen molar-refractivity contribution in [3.63, 3.8) is 0 Å². The van der Waals surface area contributed by atoms with Crippen molar-refractivity contribution in [3.05, 3.63) is 96.8 Å². The lowest BCUT2D eigenvalue weighted by Gasteiger charge is -2.07. The first-order valence-electron chi connectivity index (χ1n) is 20.0. The van der Waals surface area contributed by atoms with Crippen LogP contribution >= 0.6 is 0 Å². The predicted molar refractivity (Wildman–Crippen MR) is 205 cm³/mol. The zero-order valence-electron chi connectivity index (χ0n) is 30.3. The molecule has 4 aromatic rings. The van der Waals surface area contributed by atoms with Gasteiger partial charge in [-0.2, -0.15) is 0 Å². The first-order chi connectivity index (χ1) is 23.9. The third kappa shape index (κ3) is 16.8. The smallest absolute Gasteiger partial charge is 0.0888 e. The molecule has 0 atom stereocenters. The van der Waals surface area contributed by atoms with Gasteiger partial charge in [-0.15, -0.1) is 0 Å². The summed E-state index contributed by atoms with van der Waals surface area (Å²) in [6.07, 6.45) is 45.1. The molecular weight excluding hydrogens is 585 g/mol. The molecule has 0 spiro atoms. The van der Waals surface area contributed by atoms with Crippen molar-refractivity contribution in [2.24, 2.45) is 0 Å². The molecule has 0 saturated heterocycles. The molecule has 0 bridgehead atoms. The Morgan fingerprint density at radius 1 is 0.354 bits per heavy atom. The summed E-state index contributed by atoms with van der Waals surface area (Å²) >= 11 is 0. The molecule has 48 heavy (non-hydrogen) atoms. The summed E-state index contributed by atoms with van der Waals surface area (Å²) in [7, 11) is 0. The first kappa shape index (κ1) is 37.7. The zero-order chi connectivity index (χ0) is 33.2. The first-order valence-corrected chi connectivity index (χ1v) is 20.0. The molecule has 0 aliphatic carbocycles. The van der Waals surface area contributed by atoms with Gasteiger partial charge in [0.25, 0.3) is 0 Å². The standard InChI is InChI=1S/C44H66N4/c1(5-9-13-17-21-33-47-35-23-24-36-47)3-7-11-15-19-27-41-29-31-45-43(39-41)44-40-42(30-32-46-44)28-20-16-12-8-4-2-6-10-14-18-22-34-48-37-25-26-38-48/h23-26,29-32,35-40H,1-22,27-28,33-34H2. The Labute approximate surface area is 293 Å². The number of aryl methyl sites for hydroxylation is 4. The average molecular weight is 651 g/mol. The van der Waals surface area contributed by atoms with E-state index in [0.29, 0.717) is 0 Å². The molecule has 4 aromatic heterocycles. The SMILES string of the molecule is c1ccn(CCCCCCCCCCCCCc2ccnc(-c3cc(CCCCCCCCCCCCCn4cccc4)ccn3)c2)c1. The second kappa shape index (κ2) is 24.9. The molecule has 0 radical (unpaired) electrons. The van der Waals surface area contributed by atoms with Crippen LogP contribution in [0, 0.1) is 0 Å². The van der Waals surface area contributed by atoms with Crippen LogP contribution in [0.15, 0.2) is 85.7 Å². The van der Waals surface area contributed by atoms with Crippen molar-refractivity contribution in [3.8, 4) is 11.4 Å². The highest BCUT2D eigenvalue weighted by Crippen LogP contribution is 2.20. The molecule has 4 heteroatoms. The zero-order valence-corrected chi connectivity index (χ0v) is 30.3. The van der Waals surface area contributed by atoms with E-state index in [1.54, 1.807) is 0 Å². The Kier molecular flexibility index (Phi) is 19.6. The number of aromatic nitrogens is 4. The van der Waals surface area contributed by atoms with E-state index < -0.39 is 0 Å². The van der Waals surface area contributed by atoms with E-state index in [2.05, 4.69) is 92.4 Å². The lowest BCUT2D eigenvalue weighted by Crippen LogP contribution is -1.94. The third-order valence-corrected chi connectivity index (χ3v) is 10.0. The van der Waals surface area contributed by atoms with Gasteiger partial charge in [-0.3, -0.25) is 9.97 Å². The predicted octanol–water partition coefficient (Wildman–Crippen LogP) is 12.8. The van der Waals surface area contributed by atoms with Crippen LogP contribution in [-0.4, -0.2) is 19.1 Å². The molecule has 0 aliphatic rings. The number of pyridine rings is 2. The van der Waals surface area contributed by atoms with Crippen molar-refractivity contribution in [2.75, 3.05) is 0 Å². The lowest BCUT2D eigenvalue weighted by atomic mass is 10.0. The van der Waals surface area contributed by atoms with E-state index in [1.165, 1.54) is 165 Å². The summed E-state index contributed by atoms with van der Waals surface area (Å²) < 4.78 is 4.59. The van der Waals surface area contributed by atoms with Gasteiger partial charge in [0.1, 0.15) is 0 Å². The van der Waals surface area contributed by atoms with Gasteiger partial charge in [0, 0.05) is 50.3 Å². The molecular formula is C44H66N4. The van der Waals surface area contributed by atoms with Crippen LogP contribution in [0.3, 0.4) is 0 Å². The van der Waals surface area contributed by atoms with Gasteiger partial charge in [0.05, 0.1) is 11.4 Å². The molecule has 262 valence electrons. The van der Waals surface area contributed by atoms with E-state index in [-0.39, 0.29) is 0 Å². The highest BCUT2D eigenvalue weighted by Gasteiger charge is 2.05. The molecule has 0 amide bonds. The molecule has 0 N–H and O–H groups in total. The van der Waals surface area contributed by atoms with Crippen LogP contribution in [0.2, 0.25) is 0 Å². The monoisotopic (exact) mass is 651 g/mol. The summed E-state index contributed by atoms with van der Waals surface area (Å²) in [6.45, 7) is 2.35. The Bertz CT molecular complexity index is 1190. The van der Waals surface area contributed by atoms with E-state index in [4.69, 9.17) is 0 Å². The second-order valence-corrected chi connectivity index (χ2v) is 14.2. The Morgan fingerprint density at radius 3 is 0.979 bits per heavy atom. The molecule has 4 heterocycles. The largest absolute Gasteiger partial charge is 0.354 e. The van der Waals surface area contributed by atoms with Gasteiger partial charge in [-0.05, 0) is 98.2 Å². The Balaban J connectivity index is 0.957. The third-order valence-electron chi connectivity index (χ3n) is 10.0. The van der Waals surface area contributed by atoms with Crippen LogP contribution in [0.4, 0.5) is 0 Å². The minimum Gasteiger partial charge on any atom is -0.354 e. The number of hydrogen-bond acceptors (Lipinski definition) is 2. The number of hydrogen-bond donors (Lipinski definition) is 0. The van der Waals surface area contributed by atoms with E-state index in [0.717, 1.165) is 24.2 Å². The molecule has 4 nitrogen and oxygen atoms in total. The maximum atomic E-state index is 4.68. The molecule has 0 aromatic carbocycles. The van der Waals surface area contributed by atoms with Gasteiger partial charge in [0.15, 0.2) is 0 Å². The van der Waals surface area contributed by atoms with Crippen molar-refractivity contribution in [1.29, 1.82) is 0 Å². The number of rotatable bonds is 29. The summed E-state index contributed by atoms with van der Waals surface area (Å²) in [6, 6.07) is 17.4. The van der Waals surface area contributed by atoms with Crippen molar-refractivity contribution in [2.45, 2.75) is 167 Å². The fourth-order valence-corrected chi connectivity index (χ4v) is 7.01. The summed E-state index contributed by atoms with van der Waals surface area (Å²) in [5.41, 5.74) is 4.86. The van der Waals surface area contributed by atoms with Crippen molar-refractivity contribution >= 4 is 0 Å². The normalized spacial score (nSPS) is 11.4. The van der Waals surface area contributed by atoms with Crippen LogP contribution in [0.1, 0.15) is 152 Å². The number of nitrogens with zero attached hydrogens (tertiary/aromatic N) is 4. The fourth-order valence-electron chi connectivity index (χ4n) is 7.01. The maximum Gasteiger partial charge on any atom is 0.0888 e. The topological polar surface area (TPSA) is 35.6 Å². The minimum absolute atomic E-state index is 1.03. The van der Waals surface area contributed by atoms with Gasteiger partial charge >= 0.3 is 0 Å². The quantitative estimate of drug-likeness (QED) is 0.0548. The average Bonchev–Trinajstić information content (AvgIpc) is 3.84. The second-order valence-electron chi connectivity index (χ2n) is 14.2. The Morgan fingerprint density at radius 2 is 0.646 bits per heavy atom. The lowest BCUT2D eigenvalue weighted by molar-refractivity contribution is 0.530. The van der Waals surface area contributed by atoms with Crippen LogP contribution in [-0.2, 0) is 25.9 Å². The molecule has 0 aliphatic heterocycles.